The van der Waals surface area contributed by atoms with Gasteiger partial charge in [0.1, 0.15) is 0 Å². The molecule has 150 valence electrons. The predicted octanol–water partition coefficient (Wildman–Crippen LogP) is 1.87. The van der Waals surface area contributed by atoms with Crippen LogP contribution in [0.5, 0.6) is 0 Å². The summed E-state index contributed by atoms with van der Waals surface area (Å²) in [6, 6.07) is 15.1. The second-order valence-corrected chi connectivity index (χ2v) is 8.45. The van der Waals surface area contributed by atoms with E-state index in [1.807, 2.05) is 0 Å². The van der Waals surface area contributed by atoms with E-state index >= 15 is 0 Å². The minimum Gasteiger partial charge on any atom is -0.366 e. The van der Waals surface area contributed by atoms with Gasteiger partial charge in [-0.2, -0.15) is 0 Å². The fourth-order valence-corrected chi connectivity index (χ4v) is 5.14. The number of rotatable bonds is 3. The quantitative estimate of drug-likeness (QED) is 0.783. The first-order chi connectivity index (χ1) is 14.0. The minimum atomic E-state index is -0.226. The third-order valence-corrected chi connectivity index (χ3v) is 6.65. The lowest BCUT2D eigenvalue weighted by Crippen LogP contribution is -2.50. The molecule has 6 nitrogen and oxygen atoms in total. The Morgan fingerprint density at radius 3 is 2.69 bits per heavy atom. The van der Waals surface area contributed by atoms with Crippen molar-refractivity contribution in [1.82, 2.24) is 10.2 Å². The number of imide groups is 1. The first-order valence-corrected chi connectivity index (χ1v) is 10.3. The molecule has 0 saturated carbocycles. The van der Waals surface area contributed by atoms with Crippen molar-refractivity contribution in [1.29, 1.82) is 0 Å². The van der Waals surface area contributed by atoms with E-state index in [9.17, 15) is 9.59 Å². The monoisotopic (exact) mass is 390 g/mol. The molecule has 1 aliphatic carbocycles. The van der Waals surface area contributed by atoms with Crippen LogP contribution >= 0.6 is 0 Å². The van der Waals surface area contributed by atoms with Crippen molar-refractivity contribution in [2.75, 3.05) is 11.9 Å². The van der Waals surface area contributed by atoms with Crippen LogP contribution in [0.4, 0.5) is 5.69 Å². The third kappa shape index (κ3) is 3.12. The number of nitrogens with two attached hydrogens (primary N) is 1. The van der Waals surface area contributed by atoms with E-state index < -0.39 is 0 Å². The highest BCUT2D eigenvalue weighted by Gasteiger charge is 2.36. The number of nitrogens with one attached hydrogen (secondary N) is 1. The van der Waals surface area contributed by atoms with E-state index in [0.29, 0.717) is 12.8 Å². The lowest BCUT2D eigenvalue weighted by atomic mass is 10.0. The zero-order chi connectivity index (χ0) is 20.1. The van der Waals surface area contributed by atoms with Crippen molar-refractivity contribution in [3.8, 4) is 0 Å². The second kappa shape index (κ2) is 6.97. The number of fused-ring (bicyclic) bond motifs is 2. The Kier molecular flexibility index (Phi) is 4.41. The number of amides is 2. The molecule has 1 unspecified atom stereocenters. The van der Waals surface area contributed by atoms with E-state index in [2.05, 4.69) is 64.6 Å². The van der Waals surface area contributed by atoms with E-state index in [1.54, 1.807) is 0 Å². The SMILES string of the molecule is CN(c1ccc2c(c1)CN(C1CCC(=O)NC1=O)C2)[C@H]1c2ccccc2C[C@@H]1N. The molecule has 6 heteroatoms. The summed E-state index contributed by atoms with van der Waals surface area (Å²) >= 11 is 0. The maximum atomic E-state index is 12.2. The highest BCUT2D eigenvalue weighted by atomic mass is 16.2. The van der Waals surface area contributed by atoms with Crippen molar-refractivity contribution in [2.45, 2.75) is 50.5 Å². The number of hydrogen-bond donors (Lipinski definition) is 2. The Bertz CT molecular complexity index is 989. The van der Waals surface area contributed by atoms with E-state index in [0.717, 1.165) is 25.2 Å². The molecule has 0 bridgehead atoms. The van der Waals surface area contributed by atoms with Gasteiger partial charge in [-0.05, 0) is 47.2 Å². The Labute approximate surface area is 170 Å². The van der Waals surface area contributed by atoms with Crippen LogP contribution in [0.1, 0.15) is 41.1 Å². The predicted molar refractivity (Wildman–Crippen MR) is 111 cm³/mol. The molecule has 3 N–H and O–H groups in total. The number of benzene rings is 2. The summed E-state index contributed by atoms with van der Waals surface area (Å²) in [4.78, 5) is 28.2. The first kappa shape index (κ1) is 18.3. The zero-order valence-corrected chi connectivity index (χ0v) is 16.6. The summed E-state index contributed by atoms with van der Waals surface area (Å²) in [7, 11) is 2.11. The molecule has 3 atom stereocenters. The minimum absolute atomic E-state index is 0.0747. The van der Waals surface area contributed by atoms with Crippen LogP contribution in [0.25, 0.3) is 0 Å². The normalized spacial score (nSPS) is 26.2. The molecule has 2 aliphatic heterocycles. The standard InChI is InChI=1S/C23H26N4O2/c1-26(22-18-5-3-2-4-14(18)11-19(22)24)17-7-6-15-12-27(13-16(15)10-17)20-8-9-21(28)25-23(20)29/h2-7,10,19-20,22H,8-9,11-13,24H2,1H3,(H,25,28,29)/t19-,20?,22-/m0/s1. The first-order valence-electron chi connectivity index (χ1n) is 10.3. The highest BCUT2D eigenvalue weighted by Crippen LogP contribution is 2.38. The van der Waals surface area contributed by atoms with Crippen molar-refractivity contribution in [2.24, 2.45) is 5.73 Å². The molecule has 2 heterocycles. The number of carbonyl (C=O) groups is 2. The van der Waals surface area contributed by atoms with Crippen molar-refractivity contribution in [3.63, 3.8) is 0 Å². The van der Waals surface area contributed by atoms with Gasteiger partial charge in [-0.3, -0.25) is 19.8 Å². The van der Waals surface area contributed by atoms with E-state index in [1.165, 1.54) is 22.3 Å². The van der Waals surface area contributed by atoms with Gasteiger partial charge in [-0.25, -0.2) is 0 Å². The maximum Gasteiger partial charge on any atom is 0.243 e. The molecule has 2 aromatic carbocycles. The number of likely N-dealkylation sites (N-methyl/N-ethyl adjacent to an activating group) is 1. The smallest absolute Gasteiger partial charge is 0.243 e. The van der Waals surface area contributed by atoms with Crippen molar-refractivity contribution >= 4 is 17.5 Å². The van der Waals surface area contributed by atoms with Crippen LogP contribution in [0.3, 0.4) is 0 Å². The molecule has 1 fully saturated rings. The van der Waals surface area contributed by atoms with Crippen LogP contribution < -0.4 is 16.0 Å². The lowest BCUT2D eigenvalue weighted by molar-refractivity contribution is -0.137. The molecule has 5 rings (SSSR count). The Morgan fingerprint density at radius 2 is 1.86 bits per heavy atom. The number of carbonyl (C=O) groups excluding carboxylic acids is 2. The van der Waals surface area contributed by atoms with Gasteiger partial charge >= 0.3 is 0 Å². The van der Waals surface area contributed by atoms with Gasteiger partial charge in [0.15, 0.2) is 0 Å². The number of hydrogen-bond acceptors (Lipinski definition) is 5. The third-order valence-electron chi connectivity index (χ3n) is 6.65. The fourth-order valence-electron chi connectivity index (χ4n) is 5.14. The van der Waals surface area contributed by atoms with Gasteiger partial charge in [0, 0.05) is 38.3 Å². The van der Waals surface area contributed by atoms with Crippen LogP contribution in [0, 0.1) is 0 Å². The van der Waals surface area contributed by atoms with Gasteiger partial charge in [0.2, 0.25) is 11.8 Å². The van der Waals surface area contributed by atoms with Gasteiger partial charge in [-0.15, -0.1) is 0 Å². The lowest BCUT2D eigenvalue weighted by Gasteiger charge is -2.31. The largest absolute Gasteiger partial charge is 0.366 e. The molecular weight excluding hydrogens is 364 g/mol. The molecule has 29 heavy (non-hydrogen) atoms. The number of anilines is 1. The number of piperidine rings is 1. The molecule has 0 spiro atoms. The zero-order valence-electron chi connectivity index (χ0n) is 16.6. The van der Waals surface area contributed by atoms with Crippen LogP contribution in [0.2, 0.25) is 0 Å². The van der Waals surface area contributed by atoms with Crippen LogP contribution in [0.15, 0.2) is 42.5 Å². The summed E-state index contributed by atoms with van der Waals surface area (Å²) in [6.07, 6.45) is 1.91. The van der Waals surface area contributed by atoms with Gasteiger partial charge < -0.3 is 10.6 Å². The summed E-state index contributed by atoms with van der Waals surface area (Å²) in [5.41, 5.74) is 12.8. The Morgan fingerprint density at radius 1 is 1.07 bits per heavy atom. The maximum absolute atomic E-state index is 12.2. The average molecular weight is 390 g/mol. The molecule has 0 radical (unpaired) electrons. The molecule has 3 aliphatic rings. The van der Waals surface area contributed by atoms with Crippen molar-refractivity contribution in [3.05, 3.63) is 64.7 Å². The average Bonchev–Trinajstić information content (AvgIpc) is 3.26. The summed E-state index contributed by atoms with van der Waals surface area (Å²) in [6.45, 7) is 1.48. The van der Waals surface area contributed by atoms with Gasteiger partial charge in [0.25, 0.3) is 0 Å². The Balaban J connectivity index is 1.37. The highest BCUT2D eigenvalue weighted by molar-refractivity contribution is 6.00. The van der Waals surface area contributed by atoms with Crippen LogP contribution in [-0.2, 0) is 29.1 Å². The second-order valence-electron chi connectivity index (χ2n) is 8.45. The molecule has 2 amide bonds. The molecule has 1 saturated heterocycles. The van der Waals surface area contributed by atoms with Crippen LogP contribution in [-0.4, -0.2) is 35.8 Å². The van der Waals surface area contributed by atoms with Gasteiger partial charge in [-0.1, -0.05) is 30.3 Å². The summed E-state index contributed by atoms with van der Waals surface area (Å²) in [5.74, 6) is -0.333. The van der Waals surface area contributed by atoms with Gasteiger partial charge in [0.05, 0.1) is 12.1 Å². The fraction of sp³-hybridized carbons (Fsp3) is 0.391. The van der Waals surface area contributed by atoms with E-state index in [4.69, 9.17) is 5.73 Å². The molecule has 2 aromatic rings. The summed E-state index contributed by atoms with van der Waals surface area (Å²) in [5, 5.41) is 2.47. The summed E-state index contributed by atoms with van der Waals surface area (Å²) < 4.78 is 0. The Hall–Kier alpha value is -2.70. The molecule has 0 aromatic heterocycles. The van der Waals surface area contributed by atoms with E-state index in [-0.39, 0.29) is 29.9 Å². The topological polar surface area (TPSA) is 78.7 Å². The van der Waals surface area contributed by atoms with Crippen molar-refractivity contribution < 1.29 is 9.59 Å². The molecular formula is C23H26N4O2. The number of nitrogens with zero attached hydrogens (tertiary/aromatic N) is 2.